The van der Waals surface area contributed by atoms with Crippen molar-refractivity contribution in [1.29, 1.82) is 0 Å². The smallest absolute Gasteiger partial charge is 0.336 e. The molecule has 0 aliphatic rings. The number of carbonyl (C=O) groups excluding carboxylic acids is 1. The van der Waals surface area contributed by atoms with Crippen molar-refractivity contribution in [1.82, 2.24) is 0 Å². The van der Waals surface area contributed by atoms with Crippen molar-refractivity contribution in [2.45, 2.75) is 19.8 Å². The maximum atomic E-state index is 11.8. The predicted molar refractivity (Wildman–Crippen MR) is 89.3 cm³/mol. The van der Waals surface area contributed by atoms with Crippen molar-refractivity contribution < 1.29 is 9.53 Å². The van der Waals surface area contributed by atoms with Gasteiger partial charge >= 0.3 is 5.97 Å². The van der Waals surface area contributed by atoms with Crippen LogP contribution in [0.25, 0.3) is 6.08 Å². The molecule has 0 fully saturated rings. The molecular formula is C18H17BrO2. The molecule has 0 spiro atoms. The minimum absolute atomic E-state index is 0.392. The van der Waals surface area contributed by atoms with Gasteiger partial charge < -0.3 is 4.74 Å². The third kappa shape index (κ3) is 4.57. The van der Waals surface area contributed by atoms with Crippen molar-refractivity contribution in [3.8, 4) is 5.75 Å². The first kappa shape index (κ1) is 15.5. The van der Waals surface area contributed by atoms with E-state index in [1.807, 2.05) is 48.5 Å². The fourth-order valence-corrected chi connectivity index (χ4v) is 2.31. The van der Waals surface area contributed by atoms with E-state index in [4.69, 9.17) is 4.74 Å². The van der Waals surface area contributed by atoms with Crippen molar-refractivity contribution in [3.05, 3.63) is 70.2 Å². The third-order valence-electron chi connectivity index (χ3n) is 3.04. The van der Waals surface area contributed by atoms with Gasteiger partial charge in [-0.1, -0.05) is 50.2 Å². The van der Waals surface area contributed by atoms with E-state index in [1.165, 1.54) is 11.6 Å². The first-order chi connectivity index (χ1) is 10.1. The van der Waals surface area contributed by atoms with E-state index < -0.39 is 5.97 Å². The van der Waals surface area contributed by atoms with E-state index in [0.717, 1.165) is 10.0 Å². The molecule has 0 aliphatic heterocycles. The second-order valence-electron chi connectivity index (χ2n) is 5.01. The minimum Gasteiger partial charge on any atom is -0.422 e. The van der Waals surface area contributed by atoms with Crippen molar-refractivity contribution in [2.24, 2.45) is 0 Å². The quantitative estimate of drug-likeness (QED) is 0.433. The zero-order chi connectivity index (χ0) is 15.2. The Kier molecular flexibility index (Phi) is 5.34. The average molecular weight is 345 g/mol. The summed E-state index contributed by atoms with van der Waals surface area (Å²) in [5, 5.41) is 0. The number of ether oxygens (including phenoxy) is 1. The summed E-state index contributed by atoms with van der Waals surface area (Å²) in [6, 6.07) is 15.4. The van der Waals surface area contributed by atoms with Crippen LogP contribution in [-0.4, -0.2) is 5.97 Å². The molecule has 0 unspecified atom stereocenters. The van der Waals surface area contributed by atoms with Gasteiger partial charge in [-0.15, -0.1) is 0 Å². The zero-order valence-electron chi connectivity index (χ0n) is 12.0. The van der Waals surface area contributed by atoms with E-state index in [-0.39, 0.29) is 0 Å². The molecule has 2 rings (SSSR count). The summed E-state index contributed by atoms with van der Waals surface area (Å²) in [5.74, 6) is 0.572. The molecule has 2 nitrogen and oxygen atoms in total. The van der Waals surface area contributed by atoms with Gasteiger partial charge in [-0.05, 0) is 51.2 Å². The maximum absolute atomic E-state index is 11.8. The molecule has 0 aromatic heterocycles. The fraction of sp³-hybridized carbons (Fsp3) is 0.167. The molecule has 0 saturated heterocycles. The van der Waals surface area contributed by atoms with Crippen LogP contribution >= 0.6 is 15.9 Å². The third-order valence-corrected chi connectivity index (χ3v) is 3.66. The topological polar surface area (TPSA) is 26.3 Å². The summed E-state index contributed by atoms with van der Waals surface area (Å²) in [4.78, 5) is 11.8. The molecule has 0 saturated carbocycles. The van der Waals surface area contributed by atoms with E-state index in [1.54, 1.807) is 6.08 Å². The van der Waals surface area contributed by atoms with E-state index >= 15 is 0 Å². The Labute approximate surface area is 133 Å². The van der Waals surface area contributed by atoms with Gasteiger partial charge in [0.1, 0.15) is 5.75 Å². The molecule has 0 amide bonds. The van der Waals surface area contributed by atoms with Gasteiger partial charge in [0.15, 0.2) is 0 Å². The lowest BCUT2D eigenvalue weighted by atomic mass is 10.0. The lowest BCUT2D eigenvalue weighted by molar-refractivity contribution is -0.128. The Balaban J connectivity index is 2.05. The lowest BCUT2D eigenvalue weighted by Gasteiger charge is -2.09. The van der Waals surface area contributed by atoms with Crippen molar-refractivity contribution in [2.75, 3.05) is 0 Å². The van der Waals surface area contributed by atoms with Gasteiger partial charge in [-0.25, -0.2) is 4.79 Å². The van der Waals surface area contributed by atoms with Gasteiger partial charge in [0.25, 0.3) is 0 Å². The molecule has 21 heavy (non-hydrogen) atoms. The molecule has 0 aliphatic carbocycles. The maximum Gasteiger partial charge on any atom is 0.336 e. The molecule has 0 heterocycles. The predicted octanol–water partition coefficient (Wildman–Crippen LogP) is 5.19. The highest BCUT2D eigenvalue weighted by atomic mass is 79.9. The van der Waals surface area contributed by atoms with Gasteiger partial charge in [-0.2, -0.15) is 0 Å². The first-order valence-electron chi connectivity index (χ1n) is 6.80. The van der Waals surface area contributed by atoms with Gasteiger partial charge in [0, 0.05) is 6.08 Å². The second kappa shape index (κ2) is 7.23. The molecular weight excluding hydrogens is 328 g/mol. The summed E-state index contributed by atoms with van der Waals surface area (Å²) in [7, 11) is 0. The zero-order valence-corrected chi connectivity index (χ0v) is 13.6. The molecule has 3 heteroatoms. The highest BCUT2D eigenvalue weighted by Crippen LogP contribution is 2.29. The molecule has 108 valence electrons. The van der Waals surface area contributed by atoms with Gasteiger partial charge in [-0.3, -0.25) is 0 Å². The first-order valence-corrected chi connectivity index (χ1v) is 7.60. The Morgan fingerprint density at radius 3 is 2.48 bits per heavy atom. The molecule has 0 radical (unpaired) electrons. The van der Waals surface area contributed by atoms with E-state index in [2.05, 4.69) is 29.8 Å². The van der Waals surface area contributed by atoms with Crippen LogP contribution in [-0.2, 0) is 4.79 Å². The summed E-state index contributed by atoms with van der Waals surface area (Å²) in [6.45, 7) is 4.24. The van der Waals surface area contributed by atoms with Crippen molar-refractivity contribution >= 4 is 28.0 Å². The molecule has 0 bridgehead atoms. The highest BCUT2D eigenvalue weighted by molar-refractivity contribution is 9.10. The number of halogens is 1. The number of benzene rings is 2. The van der Waals surface area contributed by atoms with Crippen LogP contribution in [0.3, 0.4) is 0 Å². The molecule has 2 aromatic rings. The standard InChI is InChI=1S/C18H17BrO2/c1-13(2)15-9-10-17(16(19)12-15)21-18(20)11-8-14-6-4-3-5-7-14/h3-13H,1-2H3. The largest absolute Gasteiger partial charge is 0.422 e. The van der Waals surface area contributed by atoms with Gasteiger partial charge in [0.05, 0.1) is 4.47 Å². The van der Waals surface area contributed by atoms with Crippen LogP contribution in [0, 0.1) is 0 Å². The minimum atomic E-state index is -0.392. The Morgan fingerprint density at radius 2 is 1.86 bits per heavy atom. The molecule has 0 atom stereocenters. The van der Waals surface area contributed by atoms with Gasteiger partial charge in [0.2, 0.25) is 0 Å². The summed E-state index contributed by atoms with van der Waals surface area (Å²) in [5.41, 5.74) is 2.16. The van der Waals surface area contributed by atoms with Crippen LogP contribution in [0.4, 0.5) is 0 Å². The summed E-state index contributed by atoms with van der Waals surface area (Å²) in [6.07, 6.45) is 3.16. The Hall–Kier alpha value is -1.87. The normalized spacial score (nSPS) is 11.0. The highest BCUT2D eigenvalue weighted by Gasteiger charge is 2.08. The molecule has 2 aromatic carbocycles. The number of hydrogen-bond acceptors (Lipinski definition) is 2. The van der Waals surface area contributed by atoms with Crippen LogP contribution in [0.5, 0.6) is 5.75 Å². The van der Waals surface area contributed by atoms with Crippen LogP contribution in [0.15, 0.2) is 59.1 Å². The van der Waals surface area contributed by atoms with Crippen LogP contribution in [0.1, 0.15) is 30.9 Å². The monoisotopic (exact) mass is 344 g/mol. The molecule has 0 N–H and O–H groups in total. The number of carbonyl (C=O) groups is 1. The SMILES string of the molecule is CC(C)c1ccc(OC(=O)C=Cc2ccccc2)c(Br)c1. The van der Waals surface area contributed by atoms with Crippen molar-refractivity contribution in [3.63, 3.8) is 0 Å². The second-order valence-corrected chi connectivity index (χ2v) is 5.86. The van der Waals surface area contributed by atoms with Crippen LogP contribution in [0.2, 0.25) is 0 Å². The lowest BCUT2D eigenvalue weighted by Crippen LogP contribution is -2.04. The Morgan fingerprint density at radius 1 is 1.14 bits per heavy atom. The summed E-state index contributed by atoms with van der Waals surface area (Å²) < 4.78 is 6.12. The number of hydrogen-bond donors (Lipinski definition) is 0. The fourth-order valence-electron chi connectivity index (χ4n) is 1.83. The number of rotatable bonds is 4. The summed E-state index contributed by atoms with van der Waals surface area (Å²) >= 11 is 3.44. The average Bonchev–Trinajstić information content (AvgIpc) is 2.48. The van der Waals surface area contributed by atoms with Crippen LogP contribution < -0.4 is 4.74 Å². The van der Waals surface area contributed by atoms with E-state index in [9.17, 15) is 4.79 Å². The number of esters is 1. The van der Waals surface area contributed by atoms with E-state index in [0.29, 0.717) is 11.7 Å². The Bertz CT molecular complexity index is 646.